The molecule has 26 heavy (non-hydrogen) atoms. The molecule has 0 atom stereocenters. The Morgan fingerprint density at radius 3 is 2.73 bits per heavy atom. The van der Waals surface area contributed by atoms with Crippen molar-refractivity contribution in [3.63, 3.8) is 0 Å². The second-order valence-electron chi connectivity index (χ2n) is 5.63. The molecule has 0 saturated heterocycles. The minimum absolute atomic E-state index is 0.278. The van der Waals surface area contributed by atoms with E-state index in [1.54, 1.807) is 22.7 Å². The molecule has 0 bridgehead atoms. The third-order valence-corrected chi connectivity index (χ3v) is 4.44. The van der Waals surface area contributed by atoms with Crippen LogP contribution in [0.5, 0.6) is 0 Å². The van der Waals surface area contributed by atoms with E-state index < -0.39 is 0 Å². The summed E-state index contributed by atoms with van der Waals surface area (Å²) in [6.07, 6.45) is 1.69. The van der Waals surface area contributed by atoms with Crippen LogP contribution in [0, 0.1) is 6.92 Å². The van der Waals surface area contributed by atoms with E-state index in [0.29, 0.717) is 28.2 Å². The van der Waals surface area contributed by atoms with Crippen molar-refractivity contribution in [2.45, 2.75) is 20.4 Å². The summed E-state index contributed by atoms with van der Waals surface area (Å²) in [6.45, 7) is 4.49. The Balaban J connectivity index is 2.21. The maximum Gasteiger partial charge on any atom is 0.320 e. The average molecular weight is 393 g/mol. The number of rotatable bonds is 4. The van der Waals surface area contributed by atoms with Gasteiger partial charge < -0.3 is 11.1 Å². The van der Waals surface area contributed by atoms with Gasteiger partial charge in [-0.15, -0.1) is 0 Å². The van der Waals surface area contributed by atoms with Gasteiger partial charge in [0.05, 0.1) is 16.9 Å². The molecule has 2 heterocycles. The number of benzene rings is 1. The summed E-state index contributed by atoms with van der Waals surface area (Å²) in [7, 11) is 0. The number of aryl methyl sites for hydroxylation is 1. The molecule has 7 nitrogen and oxygen atoms in total. The van der Waals surface area contributed by atoms with E-state index in [1.165, 1.54) is 0 Å². The van der Waals surface area contributed by atoms with E-state index in [0.717, 1.165) is 22.5 Å². The zero-order chi connectivity index (χ0) is 18.8. The van der Waals surface area contributed by atoms with Crippen LogP contribution in [0.2, 0.25) is 10.0 Å². The molecule has 2 aromatic heterocycles. The number of hydrogen-bond donors (Lipinski definition) is 3. The summed E-state index contributed by atoms with van der Waals surface area (Å²) in [5.74, 6) is 0.816. The van der Waals surface area contributed by atoms with Gasteiger partial charge in [0.2, 0.25) is 5.78 Å². The first kappa shape index (κ1) is 18.4. The van der Waals surface area contributed by atoms with Crippen molar-refractivity contribution in [3.8, 4) is 11.3 Å². The summed E-state index contributed by atoms with van der Waals surface area (Å²) in [4.78, 5) is 20.6. The van der Waals surface area contributed by atoms with Gasteiger partial charge in [-0.05, 0) is 32.0 Å². The van der Waals surface area contributed by atoms with Gasteiger partial charge in [0.15, 0.2) is 5.82 Å². The molecule has 3 rings (SSSR count). The zero-order valence-corrected chi connectivity index (χ0v) is 15.8. The largest absolute Gasteiger partial charge is 0.338 e. The van der Waals surface area contributed by atoms with Crippen LogP contribution < -0.4 is 16.4 Å². The molecule has 136 valence electrons. The van der Waals surface area contributed by atoms with Gasteiger partial charge in [-0.1, -0.05) is 23.2 Å². The molecule has 1 aromatic carbocycles. The Morgan fingerprint density at radius 2 is 2.08 bits per heavy atom. The van der Waals surface area contributed by atoms with E-state index in [4.69, 9.17) is 28.9 Å². The van der Waals surface area contributed by atoms with E-state index >= 15 is 0 Å². The van der Waals surface area contributed by atoms with Crippen LogP contribution in [0.3, 0.4) is 0 Å². The number of imidazole rings is 1. The molecule has 0 aliphatic heterocycles. The lowest BCUT2D eigenvalue weighted by Crippen LogP contribution is -2.28. The molecule has 0 aliphatic carbocycles. The zero-order valence-electron chi connectivity index (χ0n) is 14.3. The lowest BCUT2D eigenvalue weighted by molar-refractivity contribution is 0.252. The molecule has 0 saturated carbocycles. The second kappa shape index (κ2) is 7.49. The standard InChI is InChI=1S/C17H18Cl2N6O/c1-3-21-17(26)24-14-8-25-15(11-5-4-10(18)6-13(11)19)12(7-20)9(2)22-16(25)23-14/h4-6,8H,3,7,20H2,1-2H3,(H2,21,24,26). The minimum Gasteiger partial charge on any atom is -0.338 e. The van der Waals surface area contributed by atoms with Gasteiger partial charge in [0.1, 0.15) is 0 Å². The van der Waals surface area contributed by atoms with E-state index in [-0.39, 0.29) is 12.6 Å². The molecule has 0 unspecified atom stereocenters. The molecule has 0 radical (unpaired) electrons. The number of nitrogens with zero attached hydrogens (tertiary/aromatic N) is 3. The van der Waals surface area contributed by atoms with Crippen LogP contribution in [0.25, 0.3) is 17.0 Å². The number of halogens is 2. The number of carbonyl (C=O) groups is 1. The predicted molar refractivity (Wildman–Crippen MR) is 104 cm³/mol. The number of nitrogens with two attached hydrogens (primary N) is 1. The van der Waals surface area contributed by atoms with Crippen LogP contribution in [0.1, 0.15) is 18.2 Å². The molecular formula is C17H18Cl2N6O. The monoisotopic (exact) mass is 392 g/mol. The molecule has 0 fully saturated rings. The fourth-order valence-corrected chi connectivity index (χ4v) is 3.25. The van der Waals surface area contributed by atoms with Gasteiger partial charge in [0.25, 0.3) is 0 Å². The number of anilines is 1. The lowest BCUT2D eigenvalue weighted by Gasteiger charge is -2.14. The van der Waals surface area contributed by atoms with Crippen LogP contribution in [0.15, 0.2) is 24.4 Å². The highest BCUT2D eigenvalue weighted by Crippen LogP contribution is 2.34. The van der Waals surface area contributed by atoms with Gasteiger partial charge in [-0.2, -0.15) is 4.98 Å². The Bertz CT molecular complexity index is 985. The molecule has 4 N–H and O–H groups in total. The van der Waals surface area contributed by atoms with Crippen molar-refractivity contribution >= 4 is 40.8 Å². The predicted octanol–water partition coefficient (Wildman–Crippen LogP) is 3.61. The summed E-state index contributed by atoms with van der Waals surface area (Å²) in [6, 6.07) is 4.92. The topological polar surface area (TPSA) is 97.3 Å². The van der Waals surface area contributed by atoms with Crippen LogP contribution >= 0.6 is 23.2 Å². The van der Waals surface area contributed by atoms with Crippen molar-refractivity contribution in [2.24, 2.45) is 5.73 Å². The number of fused-ring (bicyclic) bond motifs is 1. The van der Waals surface area contributed by atoms with E-state index in [1.807, 2.05) is 19.9 Å². The number of aromatic nitrogens is 3. The highest BCUT2D eigenvalue weighted by Gasteiger charge is 2.18. The van der Waals surface area contributed by atoms with E-state index in [2.05, 4.69) is 20.6 Å². The van der Waals surface area contributed by atoms with Gasteiger partial charge >= 0.3 is 6.03 Å². The van der Waals surface area contributed by atoms with Crippen LogP contribution in [0.4, 0.5) is 10.6 Å². The van der Waals surface area contributed by atoms with Crippen LogP contribution in [-0.4, -0.2) is 26.9 Å². The lowest BCUT2D eigenvalue weighted by atomic mass is 10.0. The van der Waals surface area contributed by atoms with Crippen molar-refractivity contribution < 1.29 is 4.79 Å². The fourth-order valence-electron chi connectivity index (χ4n) is 2.75. The summed E-state index contributed by atoms with van der Waals surface area (Å²) < 4.78 is 1.77. The Kier molecular flexibility index (Phi) is 5.31. The first-order chi connectivity index (χ1) is 12.4. The van der Waals surface area contributed by atoms with Crippen molar-refractivity contribution in [1.82, 2.24) is 19.7 Å². The Labute approximate surface area is 160 Å². The number of urea groups is 1. The number of nitrogens with one attached hydrogen (secondary N) is 2. The summed E-state index contributed by atoms with van der Waals surface area (Å²) >= 11 is 12.4. The molecule has 0 spiro atoms. The normalized spacial score (nSPS) is 11.0. The van der Waals surface area contributed by atoms with Crippen LogP contribution in [-0.2, 0) is 6.54 Å². The number of carbonyl (C=O) groups excluding carboxylic acids is 1. The quantitative estimate of drug-likeness (QED) is 0.631. The van der Waals surface area contributed by atoms with Gasteiger partial charge in [-0.25, -0.2) is 9.78 Å². The number of amides is 2. The van der Waals surface area contributed by atoms with Gasteiger partial charge in [0, 0.05) is 34.9 Å². The molecular weight excluding hydrogens is 375 g/mol. The summed E-state index contributed by atoms with van der Waals surface area (Å²) in [5, 5.41) is 6.38. The maximum atomic E-state index is 11.8. The third-order valence-electron chi connectivity index (χ3n) is 3.89. The Hall–Kier alpha value is -2.35. The van der Waals surface area contributed by atoms with Crippen molar-refractivity contribution in [2.75, 3.05) is 11.9 Å². The minimum atomic E-state index is -0.335. The molecule has 3 aromatic rings. The highest BCUT2D eigenvalue weighted by atomic mass is 35.5. The molecule has 9 heteroatoms. The summed E-state index contributed by atoms with van der Waals surface area (Å²) in [5.41, 5.74) is 9.08. The van der Waals surface area contributed by atoms with E-state index in [9.17, 15) is 4.79 Å². The van der Waals surface area contributed by atoms with Gasteiger partial charge in [-0.3, -0.25) is 9.72 Å². The first-order valence-electron chi connectivity index (χ1n) is 8.03. The second-order valence-corrected chi connectivity index (χ2v) is 6.48. The maximum absolute atomic E-state index is 11.8. The Morgan fingerprint density at radius 1 is 1.31 bits per heavy atom. The molecule has 2 amide bonds. The smallest absolute Gasteiger partial charge is 0.320 e. The number of hydrogen-bond acceptors (Lipinski definition) is 4. The fraction of sp³-hybridized carbons (Fsp3) is 0.235. The van der Waals surface area contributed by atoms with Crippen molar-refractivity contribution in [1.29, 1.82) is 0 Å². The SMILES string of the molecule is CCNC(=O)Nc1cn2c(-c3ccc(Cl)cc3Cl)c(CN)c(C)nc2n1. The highest BCUT2D eigenvalue weighted by molar-refractivity contribution is 6.36. The molecule has 0 aliphatic rings. The average Bonchev–Trinajstić information content (AvgIpc) is 2.96. The van der Waals surface area contributed by atoms with Crippen molar-refractivity contribution in [3.05, 3.63) is 45.7 Å². The third kappa shape index (κ3) is 3.46. The first-order valence-corrected chi connectivity index (χ1v) is 8.79.